The fourth-order valence-electron chi connectivity index (χ4n) is 4.15. The van der Waals surface area contributed by atoms with Crippen molar-refractivity contribution in [2.45, 2.75) is 51.0 Å². The van der Waals surface area contributed by atoms with Crippen LogP contribution in [0.5, 0.6) is 0 Å². The second-order valence-electron chi connectivity index (χ2n) is 7.99. The third-order valence-electron chi connectivity index (χ3n) is 5.95. The molecule has 0 bridgehead atoms. The number of carbonyl (C=O) groups is 1. The van der Waals surface area contributed by atoms with Crippen molar-refractivity contribution < 1.29 is 9.90 Å². The number of benzene rings is 1. The number of likely N-dealkylation sites (tertiary alicyclic amines) is 2. The molecule has 1 aromatic rings. The summed E-state index contributed by atoms with van der Waals surface area (Å²) in [6, 6.07) is 10.3. The Kier molecular flexibility index (Phi) is 6.13. The molecule has 2 aliphatic rings. The molecule has 2 atom stereocenters. The van der Waals surface area contributed by atoms with Crippen molar-refractivity contribution in [1.29, 1.82) is 0 Å². The van der Waals surface area contributed by atoms with Gasteiger partial charge < -0.3 is 14.9 Å². The minimum atomic E-state index is -0.692. The fourth-order valence-corrected chi connectivity index (χ4v) is 4.15. The Morgan fingerprint density at radius 2 is 1.92 bits per heavy atom. The molecule has 3 rings (SSSR count). The van der Waals surface area contributed by atoms with E-state index in [4.69, 9.17) is 0 Å². The van der Waals surface area contributed by atoms with Gasteiger partial charge in [0.1, 0.15) is 0 Å². The van der Waals surface area contributed by atoms with Gasteiger partial charge in [0.2, 0.25) is 5.91 Å². The van der Waals surface area contributed by atoms with Gasteiger partial charge in [0, 0.05) is 25.4 Å². The number of aliphatic hydroxyl groups is 1. The first-order chi connectivity index (χ1) is 12.0. The molecule has 0 aromatic heterocycles. The molecule has 2 fully saturated rings. The standard InChI is InChI=1S/C21H32N2O2/c1-21(25)11-15-23(17-19(21)16-18-8-3-2-4-9-18)20(24)10-7-14-22-12-5-6-13-22/h2-4,8-9,19,25H,5-7,10-17H2,1H3/t19-,21+/m0/s1. The fraction of sp³-hybridized carbons (Fsp3) is 0.667. The highest BCUT2D eigenvalue weighted by molar-refractivity contribution is 5.76. The van der Waals surface area contributed by atoms with Gasteiger partial charge in [-0.1, -0.05) is 30.3 Å². The van der Waals surface area contributed by atoms with E-state index in [0.29, 0.717) is 25.9 Å². The van der Waals surface area contributed by atoms with Crippen LogP contribution in [0.2, 0.25) is 0 Å². The van der Waals surface area contributed by atoms with Crippen LogP contribution in [0.4, 0.5) is 0 Å². The van der Waals surface area contributed by atoms with Crippen molar-refractivity contribution >= 4 is 5.91 Å². The van der Waals surface area contributed by atoms with Crippen molar-refractivity contribution in [3.63, 3.8) is 0 Å². The number of rotatable bonds is 6. The minimum Gasteiger partial charge on any atom is -0.390 e. The maximum Gasteiger partial charge on any atom is 0.222 e. The van der Waals surface area contributed by atoms with Crippen LogP contribution < -0.4 is 0 Å². The van der Waals surface area contributed by atoms with Crippen LogP contribution in [0, 0.1) is 5.92 Å². The second kappa shape index (κ2) is 8.33. The summed E-state index contributed by atoms with van der Waals surface area (Å²) >= 11 is 0. The molecule has 25 heavy (non-hydrogen) atoms. The summed E-state index contributed by atoms with van der Waals surface area (Å²) < 4.78 is 0. The summed E-state index contributed by atoms with van der Waals surface area (Å²) in [5.74, 6) is 0.360. The van der Waals surface area contributed by atoms with Crippen LogP contribution in [0.3, 0.4) is 0 Å². The molecule has 1 aromatic carbocycles. The molecule has 4 nitrogen and oxygen atoms in total. The second-order valence-corrected chi connectivity index (χ2v) is 7.99. The molecule has 0 unspecified atom stereocenters. The molecule has 0 radical (unpaired) electrons. The molecule has 0 spiro atoms. The van der Waals surface area contributed by atoms with Crippen LogP contribution in [0.1, 0.15) is 44.6 Å². The predicted molar refractivity (Wildman–Crippen MR) is 100 cm³/mol. The van der Waals surface area contributed by atoms with Gasteiger partial charge in [-0.05, 0) is 64.2 Å². The first kappa shape index (κ1) is 18.4. The molecule has 0 saturated carbocycles. The van der Waals surface area contributed by atoms with E-state index in [-0.39, 0.29) is 11.8 Å². The van der Waals surface area contributed by atoms with Gasteiger partial charge in [0.25, 0.3) is 0 Å². The normalized spacial score (nSPS) is 27.6. The Hall–Kier alpha value is -1.39. The van der Waals surface area contributed by atoms with Gasteiger partial charge in [-0.3, -0.25) is 4.79 Å². The average molecular weight is 344 g/mol. The van der Waals surface area contributed by atoms with E-state index in [2.05, 4.69) is 17.0 Å². The van der Waals surface area contributed by atoms with Gasteiger partial charge in [0.05, 0.1) is 5.60 Å². The summed E-state index contributed by atoms with van der Waals surface area (Å²) in [6.07, 6.45) is 5.69. The van der Waals surface area contributed by atoms with Crippen molar-refractivity contribution in [2.75, 3.05) is 32.7 Å². The smallest absolute Gasteiger partial charge is 0.222 e. The lowest BCUT2D eigenvalue weighted by Gasteiger charge is -2.43. The van der Waals surface area contributed by atoms with Crippen molar-refractivity contribution in [1.82, 2.24) is 9.80 Å². The SMILES string of the molecule is C[C@@]1(O)CCN(C(=O)CCCN2CCCC2)C[C@@H]1Cc1ccccc1. The number of carbonyl (C=O) groups excluding carboxylic acids is 1. The van der Waals surface area contributed by atoms with Crippen LogP contribution in [-0.4, -0.2) is 59.1 Å². The summed E-state index contributed by atoms with van der Waals surface area (Å²) in [7, 11) is 0. The van der Waals surface area contributed by atoms with Gasteiger partial charge in [-0.15, -0.1) is 0 Å². The van der Waals surface area contributed by atoms with Crippen LogP contribution >= 0.6 is 0 Å². The van der Waals surface area contributed by atoms with E-state index >= 15 is 0 Å². The Balaban J connectivity index is 1.51. The topological polar surface area (TPSA) is 43.8 Å². The zero-order valence-corrected chi connectivity index (χ0v) is 15.5. The Bertz CT molecular complexity index is 552. The lowest BCUT2D eigenvalue weighted by Crippen LogP contribution is -2.52. The Labute approximate surface area is 151 Å². The number of piperidine rings is 1. The molecular formula is C21H32N2O2. The molecule has 0 aliphatic carbocycles. The quantitative estimate of drug-likeness (QED) is 0.863. The number of hydrogen-bond donors (Lipinski definition) is 1. The lowest BCUT2D eigenvalue weighted by atomic mass is 9.78. The highest BCUT2D eigenvalue weighted by Gasteiger charge is 2.38. The monoisotopic (exact) mass is 344 g/mol. The predicted octanol–water partition coefficient (Wildman–Crippen LogP) is 2.70. The zero-order valence-electron chi connectivity index (χ0n) is 15.5. The van der Waals surface area contributed by atoms with Crippen LogP contribution in [0.15, 0.2) is 30.3 Å². The number of nitrogens with zero attached hydrogens (tertiary/aromatic N) is 2. The maximum absolute atomic E-state index is 12.6. The zero-order chi connectivity index (χ0) is 17.7. The highest BCUT2D eigenvalue weighted by atomic mass is 16.3. The van der Waals surface area contributed by atoms with E-state index in [1.807, 2.05) is 30.0 Å². The van der Waals surface area contributed by atoms with Crippen LogP contribution in [-0.2, 0) is 11.2 Å². The average Bonchev–Trinajstić information content (AvgIpc) is 3.11. The van der Waals surface area contributed by atoms with Crippen molar-refractivity contribution in [2.24, 2.45) is 5.92 Å². The molecule has 1 N–H and O–H groups in total. The molecule has 2 saturated heterocycles. The highest BCUT2D eigenvalue weighted by Crippen LogP contribution is 2.31. The van der Waals surface area contributed by atoms with E-state index < -0.39 is 5.60 Å². The largest absolute Gasteiger partial charge is 0.390 e. The number of amides is 1. The summed E-state index contributed by atoms with van der Waals surface area (Å²) in [5, 5.41) is 10.8. The summed E-state index contributed by atoms with van der Waals surface area (Å²) in [5.41, 5.74) is 0.540. The van der Waals surface area contributed by atoms with Crippen molar-refractivity contribution in [3.05, 3.63) is 35.9 Å². The molecular weight excluding hydrogens is 312 g/mol. The molecule has 138 valence electrons. The van der Waals surface area contributed by atoms with Crippen molar-refractivity contribution in [3.8, 4) is 0 Å². The van der Waals surface area contributed by atoms with Gasteiger partial charge >= 0.3 is 0 Å². The molecule has 4 heteroatoms. The lowest BCUT2D eigenvalue weighted by molar-refractivity contribution is -0.139. The Morgan fingerprint density at radius 1 is 1.20 bits per heavy atom. The molecule has 2 aliphatic heterocycles. The molecule has 1 amide bonds. The first-order valence-corrected chi connectivity index (χ1v) is 9.81. The van der Waals surface area contributed by atoms with Crippen LogP contribution in [0.25, 0.3) is 0 Å². The van der Waals surface area contributed by atoms with E-state index in [0.717, 1.165) is 19.4 Å². The number of hydrogen-bond acceptors (Lipinski definition) is 3. The summed E-state index contributed by atoms with van der Waals surface area (Å²) in [6.45, 7) is 6.71. The minimum absolute atomic E-state index is 0.103. The van der Waals surface area contributed by atoms with Gasteiger partial charge in [-0.2, -0.15) is 0 Å². The first-order valence-electron chi connectivity index (χ1n) is 9.81. The van der Waals surface area contributed by atoms with E-state index in [9.17, 15) is 9.90 Å². The van der Waals surface area contributed by atoms with Gasteiger partial charge in [-0.25, -0.2) is 0 Å². The maximum atomic E-state index is 12.6. The third kappa shape index (κ3) is 5.05. The molecule has 2 heterocycles. The third-order valence-corrected chi connectivity index (χ3v) is 5.95. The summed E-state index contributed by atoms with van der Waals surface area (Å²) in [4.78, 5) is 17.1. The van der Waals surface area contributed by atoms with Gasteiger partial charge in [0.15, 0.2) is 0 Å². The van der Waals surface area contributed by atoms with E-state index in [1.165, 1.54) is 31.5 Å². The Morgan fingerprint density at radius 3 is 2.64 bits per heavy atom. The van der Waals surface area contributed by atoms with E-state index in [1.54, 1.807) is 0 Å².